The number of nitrogen functional groups attached to an aromatic ring is 2. The minimum atomic E-state index is -0.782. The van der Waals surface area contributed by atoms with E-state index in [2.05, 4.69) is 41.9 Å². The number of nitriles is 2. The predicted molar refractivity (Wildman–Crippen MR) is 144 cm³/mol. The maximum absolute atomic E-state index is 12.4. The average molecular weight is 576 g/mol. The van der Waals surface area contributed by atoms with Crippen molar-refractivity contribution in [2.45, 2.75) is 12.6 Å². The van der Waals surface area contributed by atoms with Gasteiger partial charge < -0.3 is 31.6 Å². The molecule has 4 rings (SSSR count). The van der Waals surface area contributed by atoms with Crippen molar-refractivity contribution >= 4 is 45.1 Å². The van der Waals surface area contributed by atoms with Gasteiger partial charge in [0.25, 0.3) is 5.91 Å². The molecule has 0 fully saturated rings. The summed E-state index contributed by atoms with van der Waals surface area (Å²) in [6, 6.07) is 14.1. The van der Waals surface area contributed by atoms with Gasteiger partial charge in [-0.05, 0) is 39.2 Å². The normalized spacial score (nSPS) is 13.6. The van der Waals surface area contributed by atoms with Gasteiger partial charge in [-0.3, -0.25) is 10.1 Å². The number of aliphatic imine (C=N–C) groups is 1. The van der Waals surface area contributed by atoms with Gasteiger partial charge in [-0.2, -0.15) is 10.5 Å². The fourth-order valence-electron chi connectivity index (χ4n) is 3.85. The smallest absolute Gasteiger partial charge is 0.258 e. The molecule has 192 valence electrons. The average Bonchev–Trinajstić information content (AvgIpc) is 2.91. The Kier molecular flexibility index (Phi) is 7.80. The molecule has 1 unspecified atom stereocenters. The number of guanidine groups is 1. The maximum Gasteiger partial charge on any atom is 0.258 e. The first-order chi connectivity index (χ1) is 18.4. The Balaban J connectivity index is 1.63. The minimum Gasteiger partial charge on any atom is -0.493 e. The van der Waals surface area contributed by atoms with E-state index in [1.165, 1.54) is 7.11 Å². The summed E-state index contributed by atoms with van der Waals surface area (Å²) in [6.07, 6.45) is 1.81. The molecule has 1 aliphatic heterocycles. The van der Waals surface area contributed by atoms with Gasteiger partial charge in [-0.25, -0.2) is 9.98 Å². The molecule has 0 aliphatic carbocycles. The number of anilines is 3. The van der Waals surface area contributed by atoms with Gasteiger partial charge in [0, 0.05) is 12.1 Å². The third-order valence-electron chi connectivity index (χ3n) is 5.61. The first-order valence-electron chi connectivity index (χ1n) is 11.2. The monoisotopic (exact) mass is 575 g/mol. The number of benzene rings is 2. The van der Waals surface area contributed by atoms with Crippen LogP contribution in [0.2, 0.25) is 0 Å². The molecule has 0 radical (unpaired) electrons. The van der Waals surface area contributed by atoms with Gasteiger partial charge >= 0.3 is 0 Å². The number of hydrogen-bond acceptors (Lipinski definition) is 11. The summed E-state index contributed by atoms with van der Waals surface area (Å²) >= 11 is 3.49. The Bertz CT molecular complexity index is 1500. The van der Waals surface area contributed by atoms with Crippen molar-refractivity contribution in [1.82, 2.24) is 15.6 Å². The van der Waals surface area contributed by atoms with Crippen LogP contribution >= 0.6 is 15.9 Å². The number of methoxy groups -OCH3 is 1. The van der Waals surface area contributed by atoms with E-state index in [0.717, 1.165) is 5.56 Å². The number of carbonyl (C=O) groups is 1. The van der Waals surface area contributed by atoms with Crippen molar-refractivity contribution in [2.75, 3.05) is 30.5 Å². The van der Waals surface area contributed by atoms with Crippen molar-refractivity contribution in [3.63, 3.8) is 0 Å². The Hall–Kier alpha value is -5.01. The number of pyridine rings is 1. The molecule has 0 saturated heterocycles. The largest absolute Gasteiger partial charge is 0.493 e. The SMILES string of the molecule is COc1cc(C2N=C(NC#N)Nc3nc(N)c(C#N)c(N)c32)cc(Br)c1OCC(=O)NCc1ccccc1. The molecule has 12 nitrogen and oxygen atoms in total. The molecule has 13 heteroatoms. The lowest BCUT2D eigenvalue weighted by Crippen LogP contribution is -2.32. The van der Waals surface area contributed by atoms with Gasteiger partial charge in [0.05, 0.1) is 17.3 Å². The molecule has 3 aromatic rings. The highest BCUT2D eigenvalue weighted by Crippen LogP contribution is 2.44. The number of nitrogens with one attached hydrogen (secondary N) is 3. The summed E-state index contributed by atoms with van der Waals surface area (Å²) < 4.78 is 11.8. The van der Waals surface area contributed by atoms with E-state index >= 15 is 0 Å². The summed E-state index contributed by atoms with van der Waals surface area (Å²) in [5.41, 5.74) is 14.3. The van der Waals surface area contributed by atoms with Crippen LogP contribution in [0.3, 0.4) is 0 Å². The quantitative estimate of drug-likeness (QED) is 0.206. The van der Waals surface area contributed by atoms with Crippen molar-refractivity contribution in [1.29, 1.82) is 10.5 Å². The summed E-state index contributed by atoms with van der Waals surface area (Å²) in [4.78, 5) is 21.2. The first kappa shape index (κ1) is 26.1. The van der Waals surface area contributed by atoms with Crippen LogP contribution in [0.25, 0.3) is 0 Å². The van der Waals surface area contributed by atoms with Crippen LogP contribution in [-0.2, 0) is 11.3 Å². The van der Waals surface area contributed by atoms with Crippen LogP contribution in [0.15, 0.2) is 51.9 Å². The Labute approximate surface area is 226 Å². The van der Waals surface area contributed by atoms with Crippen molar-refractivity contribution in [3.8, 4) is 23.8 Å². The second-order valence-electron chi connectivity index (χ2n) is 7.99. The zero-order chi connectivity index (χ0) is 27.2. The van der Waals surface area contributed by atoms with E-state index in [9.17, 15) is 10.1 Å². The molecule has 2 heterocycles. The van der Waals surface area contributed by atoms with Crippen LogP contribution in [0.5, 0.6) is 11.5 Å². The number of amides is 1. The van der Waals surface area contributed by atoms with Gasteiger partial charge in [0.1, 0.15) is 29.3 Å². The first-order valence-corrected chi connectivity index (χ1v) is 11.9. The van der Waals surface area contributed by atoms with Crippen molar-refractivity contribution in [3.05, 3.63) is 69.2 Å². The Morgan fingerprint density at radius 1 is 1.24 bits per heavy atom. The number of rotatable bonds is 7. The molecular formula is C25H22BrN9O3. The lowest BCUT2D eigenvalue weighted by Gasteiger charge is -2.27. The number of nitrogens with two attached hydrogens (primary N) is 2. The van der Waals surface area contributed by atoms with E-state index < -0.39 is 6.04 Å². The highest BCUT2D eigenvalue weighted by atomic mass is 79.9. The lowest BCUT2D eigenvalue weighted by molar-refractivity contribution is -0.123. The molecule has 0 saturated carbocycles. The number of fused-ring (bicyclic) bond motifs is 1. The molecule has 1 aromatic heterocycles. The van der Waals surface area contributed by atoms with Crippen LogP contribution in [-0.4, -0.2) is 30.6 Å². The number of hydrogen-bond donors (Lipinski definition) is 5. The van der Waals surface area contributed by atoms with Crippen molar-refractivity contribution < 1.29 is 14.3 Å². The van der Waals surface area contributed by atoms with E-state index in [1.807, 2.05) is 36.4 Å². The van der Waals surface area contributed by atoms with Gasteiger partial charge in [0.15, 0.2) is 24.3 Å². The molecule has 2 aromatic carbocycles. The molecule has 38 heavy (non-hydrogen) atoms. The molecule has 0 spiro atoms. The second kappa shape index (κ2) is 11.4. The summed E-state index contributed by atoms with van der Waals surface area (Å²) in [6.45, 7) is 0.129. The predicted octanol–water partition coefficient (Wildman–Crippen LogP) is 2.53. The molecular weight excluding hydrogens is 554 g/mol. The van der Waals surface area contributed by atoms with E-state index in [1.54, 1.807) is 18.3 Å². The number of carbonyl (C=O) groups excluding carboxylic acids is 1. The standard InChI is InChI=1S/C25H22BrN9O3/c1-37-17-8-14(7-16(26)22(17)38-11-18(36)31-10-13-5-3-2-4-6-13)21-19-20(29)15(9-27)23(30)34-24(19)35-25(33-21)32-12-28/h2-8,21H,10-11H2,1H3,(H,31,36)(H6,29,30,32,33,34,35). The Morgan fingerprint density at radius 2 is 2.00 bits per heavy atom. The number of nitrogens with zero attached hydrogens (tertiary/aromatic N) is 4. The van der Waals surface area contributed by atoms with Gasteiger partial charge in [0.2, 0.25) is 5.96 Å². The Morgan fingerprint density at radius 3 is 2.68 bits per heavy atom. The van der Waals surface area contributed by atoms with E-state index in [0.29, 0.717) is 33.6 Å². The maximum atomic E-state index is 12.4. The highest BCUT2D eigenvalue weighted by Gasteiger charge is 2.31. The summed E-state index contributed by atoms with van der Waals surface area (Å²) in [5, 5.41) is 26.8. The second-order valence-corrected chi connectivity index (χ2v) is 8.84. The fraction of sp³-hybridized carbons (Fsp3) is 0.160. The van der Waals surface area contributed by atoms with Crippen LogP contribution in [0, 0.1) is 22.8 Å². The fourth-order valence-corrected chi connectivity index (χ4v) is 4.42. The third kappa shape index (κ3) is 5.38. The minimum absolute atomic E-state index is 0.0231. The summed E-state index contributed by atoms with van der Waals surface area (Å²) in [7, 11) is 1.46. The molecule has 1 atom stereocenters. The van der Waals surface area contributed by atoms with E-state index in [4.69, 9.17) is 26.2 Å². The van der Waals surface area contributed by atoms with Gasteiger partial charge in [-0.15, -0.1) is 0 Å². The molecule has 7 N–H and O–H groups in total. The van der Waals surface area contributed by atoms with Crippen LogP contribution in [0.4, 0.5) is 17.3 Å². The zero-order valence-corrected chi connectivity index (χ0v) is 21.7. The highest BCUT2D eigenvalue weighted by molar-refractivity contribution is 9.10. The van der Waals surface area contributed by atoms with E-state index in [-0.39, 0.29) is 41.4 Å². The van der Waals surface area contributed by atoms with Gasteiger partial charge in [-0.1, -0.05) is 30.3 Å². The molecule has 0 bridgehead atoms. The molecule has 1 aliphatic rings. The zero-order valence-electron chi connectivity index (χ0n) is 20.1. The van der Waals surface area contributed by atoms with Crippen LogP contribution in [0.1, 0.15) is 28.3 Å². The number of aromatic nitrogens is 1. The van der Waals surface area contributed by atoms with Crippen LogP contribution < -0.4 is 36.9 Å². The number of halogens is 1. The summed E-state index contributed by atoms with van der Waals surface area (Å²) in [5.74, 6) is 0.630. The third-order valence-corrected chi connectivity index (χ3v) is 6.19. The van der Waals surface area contributed by atoms with Crippen molar-refractivity contribution in [2.24, 2.45) is 4.99 Å². The molecule has 1 amide bonds. The number of ether oxygens (including phenoxy) is 2. The lowest BCUT2D eigenvalue weighted by atomic mass is 9.95. The topological polar surface area (TPSA) is 196 Å².